The van der Waals surface area contributed by atoms with Crippen LogP contribution in [-0.4, -0.2) is 26.7 Å². The Bertz CT molecular complexity index is 591. The molecule has 0 amide bonds. The van der Waals surface area contributed by atoms with Gasteiger partial charge in [0.05, 0.1) is 16.5 Å². The Morgan fingerprint density at radius 1 is 1.45 bits per heavy atom. The second-order valence-electron chi connectivity index (χ2n) is 4.92. The van der Waals surface area contributed by atoms with Crippen molar-refractivity contribution in [3.05, 3.63) is 29.3 Å². The molecule has 0 aliphatic carbocycles. The van der Waals surface area contributed by atoms with Crippen LogP contribution in [0.15, 0.2) is 23.1 Å². The molecular weight excluding hydrogens is 276 g/mol. The summed E-state index contributed by atoms with van der Waals surface area (Å²) in [6, 6.07) is 6.48. The summed E-state index contributed by atoms with van der Waals surface area (Å²) in [5, 5.41) is 17.7. The minimum absolute atomic E-state index is 0.113. The molecule has 0 saturated heterocycles. The van der Waals surface area contributed by atoms with Crippen LogP contribution >= 0.6 is 0 Å². The lowest BCUT2D eigenvalue weighted by Gasteiger charge is -2.11. The predicted octanol–water partition coefficient (Wildman–Crippen LogP) is 1.55. The molecule has 1 rings (SSSR count). The van der Waals surface area contributed by atoms with Gasteiger partial charge in [0.2, 0.25) is 10.0 Å². The van der Waals surface area contributed by atoms with Crippen LogP contribution in [0.2, 0.25) is 0 Å². The Hall–Kier alpha value is -1.42. The second kappa shape index (κ2) is 7.39. The number of nitrogens with one attached hydrogen (secondary N) is 1. The number of aryl methyl sites for hydroxylation is 1. The second-order valence-corrected chi connectivity index (χ2v) is 6.66. The topological polar surface area (TPSA) is 90.2 Å². The molecule has 1 aromatic carbocycles. The third-order valence-electron chi connectivity index (χ3n) is 3.07. The van der Waals surface area contributed by atoms with Crippen LogP contribution in [0.5, 0.6) is 0 Å². The van der Waals surface area contributed by atoms with E-state index in [-0.39, 0.29) is 17.4 Å². The van der Waals surface area contributed by atoms with E-state index in [0.29, 0.717) is 24.1 Å². The van der Waals surface area contributed by atoms with Crippen molar-refractivity contribution in [2.24, 2.45) is 5.92 Å². The Labute approximate surface area is 120 Å². The Morgan fingerprint density at radius 3 is 2.70 bits per heavy atom. The van der Waals surface area contributed by atoms with Gasteiger partial charge in [-0.15, -0.1) is 0 Å². The summed E-state index contributed by atoms with van der Waals surface area (Å²) in [7, 11) is -3.54. The standard InChI is InChI=1S/C14H20N2O3S/c1-11(10-17)4-3-7-16-20(18,19)14-6-5-13(9-15)8-12(14)2/h5-6,8,11,16-17H,3-4,7,10H2,1-2H3. The number of aliphatic hydroxyl groups excluding tert-OH is 1. The van der Waals surface area contributed by atoms with Crippen LogP contribution in [0, 0.1) is 24.2 Å². The summed E-state index contributed by atoms with van der Waals surface area (Å²) in [6.07, 6.45) is 1.45. The van der Waals surface area contributed by atoms with Gasteiger partial charge in [-0.1, -0.05) is 6.92 Å². The molecule has 1 atom stereocenters. The highest BCUT2D eigenvalue weighted by molar-refractivity contribution is 7.89. The minimum Gasteiger partial charge on any atom is -0.396 e. The van der Waals surface area contributed by atoms with E-state index in [1.54, 1.807) is 13.0 Å². The zero-order valence-corrected chi connectivity index (χ0v) is 12.6. The number of nitrogens with zero attached hydrogens (tertiary/aromatic N) is 1. The summed E-state index contributed by atoms with van der Waals surface area (Å²) >= 11 is 0. The number of sulfonamides is 1. The fourth-order valence-electron chi connectivity index (χ4n) is 1.85. The van der Waals surface area contributed by atoms with Crippen molar-refractivity contribution in [2.45, 2.75) is 31.6 Å². The number of rotatable bonds is 7. The van der Waals surface area contributed by atoms with Crippen LogP contribution in [0.1, 0.15) is 30.9 Å². The molecule has 0 saturated carbocycles. The van der Waals surface area contributed by atoms with E-state index >= 15 is 0 Å². The van der Waals surface area contributed by atoms with Crippen molar-refractivity contribution in [2.75, 3.05) is 13.2 Å². The van der Waals surface area contributed by atoms with Crippen molar-refractivity contribution >= 4 is 10.0 Å². The lowest BCUT2D eigenvalue weighted by Crippen LogP contribution is -2.26. The SMILES string of the molecule is Cc1cc(C#N)ccc1S(=O)(=O)NCCCC(C)CO. The summed E-state index contributed by atoms with van der Waals surface area (Å²) in [4.78, 5) is 0.201. The molecule has 6 heteroatoms. The third-order valence-corrected chi connectivity index (χ3v) is 4.69. The first kappa shape index (κ1) is 16.6. The average Bonchev–Trinajstić information content (AvgIpc) is 2.42. The van der Waals surface area contributed by atoms with E-state index in [1.165, 1.54) is 12.1 Å². The van der Waals surface area contributed by atoms with Gasteiger partial charge in [-0.3, -0.25) is 0 Å². The van der Waals surface area contributed by atoms with Gasteiger partial charge in [0.1, 0.15) is 0 Å². The molecule has 1 aromatic rings. The molecule has 1 unspecified atom stereocenters. The summed E-state index contributed by atoms with van der Waals surface area (Å²) in [5.74, 6) is 0.177. The van der Waals surface area contributed by atoms with Gasteiger partial charge in [-0.25, -0.2) is 13.1 Å². The predicted molar refractivity (Wildman–Crippen MR) is 76.6 cm³/mol. The highest BCUT2D eigenvalue weighted by Gasteiger charge is 2.16. The first-order valence-electron chi connectivity index (χ1n) is 6.52. The zero-order chi connectivity index (χ0) is 15.2. The molecule has 110 valence electrons. The van der Waals surface area contributed by atoms with Gasteiger partial charge in [-0.2, -0.15) is 5.26 Å². The molecule has 0 spiro atoms. The molecule has 0 fully saturated rings. The first-order chi connectivity index (χ1) is 9.40. The largest absolute Gasteiger partial charge is 0.396 e. The molecule has 0 bridgehead atoms. The zero-order valence-electron chi connectivity index (χ0n) is 11.8. The summed E-state index contributed by atoms with van der Waals surface area (Å²) in [5.41, 5.74) is 0.999. The normalized spacial score (nSPS) is 12.9. The monoisotopic (exact) mass is 296 g/mol. The Balaban J connectivity index is 2.68. The van der Waals surface area contributed by atoms with Crippen LogP contribution in [0.25, 0.3) is 0 Å². The maximum atomic E-state index is 12.1. The third kappa shape index (κ3) is 4.60. The highest BCUT2D eigenvalue weighted by Crippen LogP contribution is 2.16. The number of benzene rings is 1. The van der Waals surface area contributed by atoms with E-state index in [9.17, 15) is 8.42 Å². The molecule has 0 aromatic heterocycles. The fourth-order valence-corrected chi connectivity index (χ4v) is 3.15. The van der Waals surface area contributed by atoms with Gasteiger partial charge < -0.3 is 5.11 Å². The number of aliphatic hydroxyl groups is 1. The molecule has 0 radical (unpaired) electrons. The van der Waals surface area contributed by atoms with Gasteiger partial charge in [0.25, 0.3) is 0 Å². The maximum absolute atomic E-state index is 12.1. The smallest absolute Gasteiger partial charge is 0.240 e. The van der Waals surface area contributed by atoms with E-state index in [2.05, 4.69) is 4.72 Å². The first-order valence-corrected chi connectivity index (χ1v) is 8.00. The number of hydrogen-bond donors (Lipinski definition) is 2. The number of hydrogen-bond acceptors (Lipinski definition) is 4. The average molecular weight is 296 g/mol. The molecule has 5 nitrogen and oxygen atoms in total. The van der Waals surface area contributed by atoms with Gasteiger partial charge in [-0.05, 0) is 49.4 Å². The molecule has 0 heterocycles. The van der Waals surface area contributed by atoms with E-state index in [1.807, 2.05) is 13.0 Å². The Kier molecular flexibility index (Phi) is 6.14. The van der Waals surface area contributed by atoms with Crippen molar-refractivity contribution in [1.29, 1.82) is 5.26 Å². The minimum atomic E-state index is -3.54. The van der Waals surface area contributed by atoms with Crippen LogP contribution in [0.4, 0.5) is 0 Å². The molecular formula is C14H20N2O3S. The lowest BCUT2D eigenvalue weighted by atomic mass is 10.1. The molecule has 0 aliphatic rings. The van der Waals surface area contributed by atoms with Crippen LogP contribution in [-0.2, 0) is 10.0 Å². The van der Waals surface area contributed by atoms with Gasteiger partial charge in [0.15, 0.2) is 0 Å². The van der Waals surface area contributed by atoms with E-state index in [4.69, 9.17) is 10.4 Å². The van der Waals surface area contributed by atoms with Gasteiger partial charge in [0, 0.05) is 13.2 Å². The van der Waals surface area contributed by atoms with E-state index in [0.717, 1.165) is 6.42 Å². The lowest BCUT2D eigenvalue weighted by molar-refractivity contribution is 0.228. The highest BCUT2D eigenvalue weighted by atomic mass is 32.2. The van der Waals surface area contributed by atoms with Crippen LogP contribution < -0.4 is 4.72 Å². The van der Waals surface area contributed by atoms with Crippen molar-refractivity contribution < 1.29 is 13.5 Å². The summed E-state index contributed by atoms with van der Waals surface area (Å²) in [6.45, 7) is 4.04. The molecule has 2 N–H and O–H groups in total. The van der Waals surface area contributed by atoms with Crippen molar-refractivity contribution in [3.63, 3.8) is 0 Å². The summed E-state index contributed by atoms with van der Waals surface area (Å²) < 4.78 is 26.8. The quantitative estimate of drug-likeness (QED) is 0.747. The molecule has 20 heavy (non-hydrogen) atoms. The van der Waals surface area contributed by atoms with E-state index < -0.39 is 10.0 Å². The fraction of sp³-hybridized carbons (Fsp3) is 0.500. The van der Waals surface area contributed by atoms with Crippen molar-refractivity contribution in [3.8, 4) is 6.07 Å². The number of nitriles is 1. The van der Waals surface area contributed by atoms with Gasteiger partial charge >= 0.3 is 0 Å². The maximum Gasteiger partial charge on any atom is 0.240 e. The molecule has 0 aliphatic heterocycles. The van der Waals surface area contributed by atoms with Crippen LogP contribution in [0.3, 0.4) is 0 Å². The van der Waals surface area contributed by atoms with Crippen molar-refractivity contribution in [1.82, 2.24) is 4.72 Å². The Morgan fingerprint density at radius 2 is 2.15 bits per heavy atom.